The van der Waals surface area contributed by atoms with Gasteiger partial charge in [-0.2, -0.15) is 0 Å². The second-order valence-electron chi connectivity index (χ2n) is 7.33. The Morgan fingerprint density at radius 1 is 1.26 bits per heavy atom. The maximum Gasteiger partial charge on any atom is 0.410 e. The van der Waals surface area contributed by atoms with Crippen LogP contribution in [0.3, 0.4) is 0 Å². The lowest BCUT2D eigenvalue weighted by atomic mass is 9.85. The zero-order valence-corrected chi connectivity index (χ0v) is 14.3. The number of nitrogens with one attached hydrogen (secondary N) is 1. The summed E-state index contributed by atoms with van der Waals surface area (Å²) in [5.41, 5.74) is 4.86. The number of aliphatic imine (C=N–C) groups is 1. The molecule has 0 spiro atoms. The number of carbonyl (C=O) groups is 2. The lowest BCUT2D eigenvalue weighted by Crippen LogP contribution is -2.50. The molecule has 7 heteroatoms. The molecule has 23 heavy (non-hydrogen) atoms. The fourth-order valence-corrected chi connectivity index (χ4v) is 2.95. The first-order chi connectivity index (χ1) is 10.7. The molecule has 0 aromatic heterocycles. The van der Waals surface area contributed by atoms with Gasteiger partial charge < -0.3 is 15.8 Å². The predicted octanol–water partition coefficient (Wildman–Crippen LogP) is 1.27. The van der Waals surface area contributed by atoms with Crippen LogP contribution in [0.15, 0.2) is 4.99 Å². The van der Waals surface area contributed by atoms with E-state index in [-0.39, 0.29) is 17.9 Å². The number of nitrogens with zero attached hydrogens (tertiary/aromatic N) is 2. The van der Waals surface area contributed by atoms with E-state index in [1.165, 1.54) is 0 Å². The third kappa shape index (κ3) is 5.41. The number of primary amides is 1. The van der Waals surface area contributed by atoms with Crippen molar-refractivity contribution >= 4 is 17.8 Å². The minimum atomic E-state index is -0.494. The standard InChI is InChI=1S/C16H28N4O3/c1-16(2,3)23-15(22)20-9-8-18-13(10-20)19-12-6-4-11(5-7-12)14(17)21/h11-12H,4-10H2,1-3H3,(H2,17,21)(H,18,19). The molecule has 0 radical (unpaired) electrons. The van der Waals surface area contributed by atoms with E-state index in [9.17, 15) is 9.59 Å². The van der Waals surface area contributed by atoms with Crippen LogP contribution >= 0.6 is 0 Å². The minimum Gasteiger partial charge on any atom is -0.444 e. The Kier molecular flexibility index (Phi) is 5.49. The molecule has 3 N–H and O–H groups in total. The average molecular weight is 324 g/mol. The van der Waals surface area contributed by atoms with Crippen molar-refractivity contribution in [2.75, 3.05) is 19.6 Å². The molecule has 1 aliphatic heterocycles. The molecule has 2 aliphatic rings. The van der Waals surface area contributed by atoms with E-state index >= 15 is 0 Å². The predicted molar refractivity (Wildman–Crippen MR) is 88.2 cm³/mol. The van der Waals surface area contributed by atoms with Crippen LogP contribution < -0.4 is 11.1 Å². The summed E-state index contributed by atoms with van der Waals surface area (Å²) in [6, 6.07) is 0.294. The first-order valence-corrected chi connectivity index (χ1v) is 8.31. The van der Waals surface area contributed by atoms with Gasteiger partial charge in [0.15, 0.2) is 0 Å². The van der Waals surface area contributed by atoms with Gasteiger partial charge in [0, 0.05) is 18.5 Å². The first kappa shape index (κ1) is 17.6. The second kappa shape index (κ2) is 7.19. The highest BCUT2D eigenvalue weighted by molar-refractivity contribution is 5.88. The quantitative estimate of drug-likeness (QED) is 0.799. The van der Waals surface area contributed by atoms with Gasteiger partial charge in [0.25, 0.3) is 0 Å². The molecule has 1 fully saturated rings. The highest BCUT2D eigenvalue weighted by Crippen LogP contribution is 2.24. The number of hydrogen-bond donors (Lipinski definition) is 2. The molecule has 1 saturated carbocycles. The van der Waals surface area contributed by atoms with Crippen molar-refractivity contribution in [1.29, 1.82) is 0 Å². The molecule has 2 rings (SSSR count). The van der Waals surface area contributed by atoms with Gasteiger partial charge in [0.1, 0.15) is 11.4 Å². The number of amides is 2. The summed E-state index contributed by atoms with van der Waals surface area (Å²) in [4.78, 5) is 29.5. The molecule has 130 valence electrons. The summed E-state index contributed by atoms with van der Waals surface area (Å²) < 4.78 is 5.41. The van der Waals surface area contributed by atoms with Gasteiger partial charge in [-0.25, -0.2) is 4.79 Å². The molecule has 1 heterocycles. The summed E-state index contributed by atoms with van der Waals surface area (Å²) in [6.45, 7) is 7.19. The summed E-state index contributed by atoms with van der Waals surface area (Å²) in [7, 11) is 0. The molecule has 1 aliphatic carbocycles. The minimum absolute atomic E-state index is 0.000364. The van der Waals surface area contributed by atoms with Crippen LogP contribution in [-0.2, 0) is 9.53 Å². The maximum atomic E-state index is 12.1. The number of rotatable bonds is 2. The van der Waals surface area contributed by atoms with Crippen molar-refractivity contribution in [3.8, 4) is 0 Å². The number of ether oxygens (including phenoxy) is 1. The van der Waals surface area contributed by atoms with Gasteiger partial charge in [-0.15, -0.1) is 0 Å². The molecule has 0 aromatic carbocycles. The number of hydrogen-bond acceptors (Lipinski definition) is 5. The van der Waals surface area contributed by atoms with Gasteiger partial charge in [-0.3, -0.25) is 14.7 Å². The Morgan fingerprint density at radius 2 is 1.91 bits per heavy atom. The van der Waals surface area contributed by atoms with Gasteiger partial charge in [0.2, 0.25) is 5.91 Å². The monoisotopic (exact) mass is 324 g/mol. The topological polar surface area (TPSA) is 97.0 Å². The van der Waals surface area contributed by atoms with E-state index < -0.39 is 5.60 Å². The van der Waals surface area contributed by atoms with Crippen LogP contribution in [0, 0.1) is 5.92 Å². The molecule has 7 nitrogen and oxygen atoms in total. The lowest BCUT2D eigenvalue weighted by molar-refractivity contribution is -0.122. The zero-order valence-electron chi connectivity index (χ0n) is 14.3. The zero-order chi connectivity index (χ0) is 17.0. The third-order valence-corrected chi connectivity index (χ3v) is 4.17. The van der Waals surface area contributed by atoms with Crippen molar-refractivity contribution in [3.05, 3.63) is 0 Å². The average Bonchev–Trinajstić information content (AvgIpc) is 2.46. The highest BCUT2D eigenvalue weighted by Gasteiger charge is 2.28. The number of amidine groups is 1. The summed E-state index contributed by atoms with van der Waals surface area (Å²) in [6.07, 6.45) is 3.13. The van der Waals surface area contributed by atoms with Crippen molar-refractivity contribution in [3.63, 3.8) is 0 Å². The third-order valence-electron chi connectivity index (χ3n) is 4.17. The Hall–Kier alpha value is -1.79. The van der Waals surface area contributed by atoms with Crippen LogP contribution in [-0.4, -0.2) is 54.0 Å². The largest absolute Gasteiger partial charge is 0.444 e. The normalized spacial score (nSPS) is 25.5. The van der Waals surface area contributed by atoms with Crippen LogP contribution in [0.2, 0.25) is 0 Å². The first-order valence-electron chi connectivity index (χ1n) is 8.31. The SMILES string of the molecule is CC(C)(C)OC(=O)N1CCN=C(NC2CCC(C(N)=O)CC2)C1. The Bertz CT molecular complexity index is 476. The van der Waals surface area contributed by atoms with Crippen molar-refractivity contribution in [2.24, 2.45) is 16.6 Å². The fraction of sp³-hybridized carbons (Fsp3) is 0.812. The molecule has 0 bridgehead atoms. The van der Waals surface area contributed by atoms with Crippen molar-refractivity contribution < 1.29 is 14.3 Å². The molecule has 0 aromatic rings. The molecule has 0 atom stereocenters. The van der Waals surface area contributed by atoms with Gasteiger partial charge in [-0.05, 0) is 46.5 Å². The number of nitrogens with two attached hydrogens (primary N) is 1. The Morgan fingerprint density at radius 3 is 2.48 bits per heavy atom. The van der Waals surface area contributed by atoms with Crippen LogP contribution in [0.25, 0.3) is 0 Å². The highest BCUT2D eigenvalue weighted by atomic mass is 16.6. The Labute approximate surface area is 137 Å². The molecular weight excluding hydrogens is 296 g/mol. The lowest BCUT2D eigenvalue weighted by Gasteiger charge is -2.33. The van der Waals surface area contributed by atoms with Crippen LogP contribution in [0.4, 0.5) is 4.79 Å². The summed E-state index contributed by atoms with van der Waals surface area (Å²) in [5, 5.41) is 3.41. The van der Waals surface area contributed by atoms with Crippen molar-refractivity contribution in [1.82, 2.24) is 10.2 Å². The fourth-order valence-electron chi connectivity index (χ4n) is 2.95. The van der Waals surface area contributed by atoms with Gasteiger partial charge in [0.05, 0.1) is 13.1 Å². The van der Waals surface area contributed by atoms with E-state index in [2.05, 4.69) is 10.3 Å². The van der Waals surface area contributed by atoms with E-state index in [0.29, 0.717) is 25.7 Å². The molecule has 2 amide bonds. The maximum absolute atomic E-state index is 12.1. The smallest absolute Gasteiger partial charge is 0.410 e. The second-order valence-corrected chi connectivity index (χ2v) is 7.33. The summed E-state index contributed by atoms with van der Waals surface area (Å²) >= 11 is 0. The van der Waals surface area contributed by atoms with E-state index in [1.807, 2.05) is 20.8 Å². The van der Waals surface area contributed by atoms with Gasteiger partial charge >= 0.3 is 6.09 Å². The van der Waals surface area contributed by atoms with E-state index in [4.69, 9.17) is 10.5 Å². The van der Waals surface area contributed by atoms with Crippen molar-refractivity contribution in [2.45, 2.75) is 58.1 Å². The molecule has 0 unspecified atom stereocenters. The van der Waals surface area contributed by atoms with Crippen LogP contribution in [0.5, 0.6) is 0 Å². The number of carbonyl (C=O) groups excluding carboxylic acids is 2. The molecule has 0 saturated heterocycles. The van der Waals surface area contributed by atoms with E-state index in [0.717, 1.165) is 31.5 Å². The van der Waals surface area contributed by atoms with Gasteiger partial charge in [-0.1, -0.05) is 0 Å². The van der Waals surface area contributed by atoms with Crippen LogP contribution in [0.1, 0.15) is 46.5 Å². The Balaban J connectivity index is 1.82. The summed E-state index contributed by atoms with van der Waals surface area (Å²) in [5.74, 6) is 0.624. The molecular formula is C16H28N4O3. The van der Waals surface area contributed by atoms with E-state index in [1.54, 1.807) is 4.90 Å².